The fourth-order valence-corrected chi connectivity index (χ4v) is 1.76. The van der Waals surface area contributed by atoms with Gasteiger partial charge in [0.05, 0.1) is 4.92 Å². The van der Waals surface area contributed by atoms with Crippen LogP contribution in [0.5, 0.6) is 5.75 Å². The number of nitro benzene ring substituents is 1. The predicted octanol–water partition coefficient (Wildman–Crippen LogP) is 4.11. The predicted molar refractivity (Wildman–Crippen MR) is 68.8 cm³/mol. The minimum atomic E-state index is -0.724. The molecule has 0 saturated heterocycles. The molecule has 0 fully saturated rings. The standard InChI is InChI=1S/C13H8ClF2NO3/c14-11-6-10(3-4-13(11)17(18)19)20-7-8-1-2-9(15)5-12(8)16/h1-6H,7H2. The highest BCUT2D eigenvalue weighted by molar-refractivity contribution is 6.32. The van der Waals surface area contributed by atoms with Gasteiger partial charge in [0.2, 0.25) is 0 Å². The number of nitrogens with zero attached hydrogens (tertiary/aromatic N) is 1. The summed E-state index contributed by atoms with van der Waals surface area (Å²) in [7, 11) is 0. The van der Waals surface area contributed by atoms with Crippen LogP contribution in [0.2, 0.25) is 5.02 Å². The molecular weight excluding hydrogens is 292 g/mol. The maximum atomic E-state index is 13.4. The third-order valence-corrected chi connectivity index (χ3v) is 2.83. The first-order valence-electron chi connectivity index (χ1n) is 5.48. The highest BCUT2D eigenvalue weighted by atomic mass is 35.5. The molecule has 7 heteroatoms. The van der Waals surface area contributed by atoms with Crippen LogP contribution < -0.4 is 4.74 Å². The zero-order valence-electron chi connectivity index (χ0n) is 9.98. The summed E-state index contributed by atoms with van der Waals surface area (Å²) >= 11 is 5.71. The molecule has 0 aliphatic heterocycles. The average molecular weight is 300 g/mol. The lowest BCUT2D eigenvalue weighted by atomic mass is 10.2. The fourth-order valence-electron chi connectivity index (χ4n) is 1.53. The van der Waals surface area contributed by atoms with Gasteiger partial charge in [-0.1, -0.05) is 11.6 Å². The minimum Gasteiger partial charge on any atom is -0.489 e. The summed E-state index contributed by atoms with van der Waals surface area (Å²) in [4.78, 5) is 9.96. The first-order valence-corrected chi connectivity index (χ1v) is 5.86. The molecule has 0 aliphatic rings. The summed E-state index contributed by atoms with van der Waals surface area (Å²) in [5.74, 6) is -1.15. The molecule has 0 N–H and O–H groups in total. The van der Waals surface area contributed by atoms with Crippen molar-refractivity contribution >= 4 is 17.3 Å². The summed E-state index contributed by atoms with van der Waals surface area (Å²) in [6.07, 6.45) is 0. The van der Waals surface area contributed by atoms with Gasteiger partial charge >= 0.3 is 0 Å². The van der Waals surface area contributed by atoms with E-state index in [1.54, 1.807) is 0 Å². The van der Waals surface area contributed by atoms with E-state index in [0.717, 1.165) is 12.1 Å². The zero-order valence-corrected chi connectivity index (χ0v) is 10.7. The van der Waals surface area contributed by atoms with E-state index in [2.05, 4.69) is 0 Å². The van der Waals surface area contributed by atoms with E-state index in [-0.39, 0.29) is 28.6 Å². The van der Waals surface area contributed by atoms with E-state index in [9.17, 15) is 18.9 Å². The fraction of sp³-hybridized carbons (Fsp3) is 0.0769. The van der Waals surface area contributed by atoms with E-state index in [1.807, 2.05) is 0 Å². The van der Waals surface area contributed by atoms with Gasteiger partial charge in [0.15, 0.2) is 0 Å². The maximum Gasteiger partial charge on any atom is 0.288 e. The molecule has 0 aliphatic carbocycles. The van der Waals surface area contributed by atoms with Crippen molar-refractivity contribution in [1.82, 2.24) is 0 Å². The highest BCUT2D eigenvalue weighted by Crippen LogP contribution is 2.28. The Balaban J connectivity index is 2.11. The molecule has 0 spiro atoms. The first-order chi connectivity index (χ1) is 9.47. The molecule has 0 saturated carbocycles. The zero-order chi connectivity index (χ0) is 14.7. The molecule has 2 aromatic rings. The number of nitro groups is 1. The lowest BCUT2D eigenvalue weighted by Crippen LogP contribution is -1.99. The monoisotopic (exact) mass is 299 g/mol. The number of ether oxygens (including phenoxy) is 1. The van der Waals surface area contributed by atoms with Gasteiger partial charge in [-0.05, 0) is 18.2 Å². The summed E-state index contributed by atoms with van der Waals surface area (Å²) in [5, 5.41) is 10.5. The van der Waals surface area contributed by atoms with E-state index in [0.29, 0.717) is 0 Å². The van der Waals surface area contributed by atoms with Crippen molar-refractivity contribution in [3.8, 4) is 5.75 Å². The summed E-state index contributed by atoms with van der Waals surface area (Å²) in [6, 6.07) is 6.94. The van der Waals surface area contributed by atoms with Crippen molar-refractivity contribution in [1.29, 1.82) is 0 Å². The van der Waals surface area contributed by atoms with Crippen LogP contribution in [-0.4, -0.2) is 4.92 Å². The van der Waals surface area contributed by atoms with Crippen LogP contribution in [0.1, 0.15) is 5.56 Å². The second-order valence-corrected chi connectivity index (χ2v) is 4.30. The van der Waals surface area contributed by atoms with Crippen molar-refractivity contribution in [3.63, 3.8) is 0 Å². The quantitative estimate of drug-likeness (QED) is 0.630. The highest BCUT2D eigenvalue weighted by Gasteiger charge is 2.13. The summed E-state index contributed by atoms with van der Waals surface area (Å²) < 4.78 is 31.3. The smallest absolute Gasteiger partial charge is 0.288 e. The van der Waals surface area contributed by atoms with Crippen molar-refractivity contribution in [2.45, 2.75) is 6.61 Å². The van der Waals surface area contributed by atoms with Crippen molar-refractivity contribution in [2.24, 2.45) is 0 Å². The number of rotatable bonds is 4. The second-order valence-electron chi connectivity index (χ2n) is 3.89. The Morgan fingerprint density at radius 2 is 1.95 bits per heavy atom. The van der Waals surface area contributed by atoms with Gasteiger partial charge in [0, 0.05) is 23.8 Å². The Labute approximate surface area is 117 Å². The molecular formula is C13H8ClF2NO3. The van der Waals surface area contributed by atoms with Crippen LogP contribution in [0.15, 0.2) is 36.4 Å². The molecule has 2 rings (SSSR count). The van der Waals surface area contributed by atoms with Gasteiger partial charge in [0.25, 0.3) is 5.69 Å². The number of benzene rings is 2. The Morgan fingerprint density at radius 1 is 1.20 bits per heavy atom. The minimum absolute atomic E-state index is 0.0768. The average Bonchev–Trinajstić information content (AvgIpc) is 2.37. The van der Waals surface area contributed by atoms with Crippen molar-refractivity contribution in [2.75, 3.05) is 0 Å². The number of hydrogen-bond donors (Lipinski definition) is 0. The van der Waals surface area contributed by atoms with Crippen LogP contribution in [-0.2, 0) is 6.61 Å². The second kappa shape index (κ2) is 5.83. The van der Waals surface area contributed by atoms with Crippen LogP contribution in [0.4, 0.5) is 14.5 Å². The van der Waals surface area contributed by atoms with Crippen molar-refractivity contribution < 1.29 is 18.4 Å². The SMILES string of the molecule is O=[N+]([O-])c1ccc(OCc2ccc(F)cc2F)cc1Cl. The lowest BCUT2D eigenvalue weighted by molar-refractivity contribution is -0.384. The number of hydrogen-bond acceptors (Lipinski definition) is 3. The Morgan fingerprint density at radius 3 is 2.55 bits per heavy atom. The van der Waals surface area contributed by atoms with E-state index >= 15 is 0 Å². The molecule has 104 valence electrons. The van der Waals surface area contributed by atoms with E-state index in [4.69, 9.17) is 16.3 Å². The third-order valence-electron chi connectivity index (χ3n) is 2.53. The van der Waals surface area contributed by atoms with Crippen LogP contribution in [0, 0.1) is 21.7 Å². The molecule has 0 heterocycles. The lowest BCUT2D eigenvalue weighted by Gasteiger charge is -2.07. The van der Waals surface area contributed by atoms with Crippen LogP contribution >= 0.6 is 11.6 Å². The summed E-state index contributed by atoms with van der Waals surface area (Å²) in [5.41, 5.74) is -0.0761. The molecule has 0 atom stereocenters. The van der Waals surface area contributed by atoms with Gasteiger partial charge in [-0.3, -0.25) is 10.1 Å². The Kier molecular flexibility index (Phi) is 4.14. The molecule has 0 amide bonds. The Bertz CT molecular complexity index is 664. The van der Waals surface area contributed by atoms with Crippen LogP contribution in [0.3, 0.4) is 0 Å². The summed E-state index contributed by atoms with van der Waals surface area (Å²) in [6.45, 7) is -0.139. The molecule has 4 nitrogen and oxygen atoms in total. The largest absolute Gasteiger partial charge is 0.489 e. The van der Waals surface area contributed by atoms with Crippen LogP contribution in [0.25, 0.3) is 0 Å². The van der Waals surface area contributed by atoms with Gasteiger partial charge in [-0.2, -0.15) is 0 Å². The first kappa shape index (κ1) is 14.2. The normalized spacial score (nSPS) is 10.3. The van der Waals surface area contributed by atoms with Gasteiger partial charge in [-0.25, -0.2) is 8.78 Å². The van der Waals surface area contributed by atoms with Gasteiger partial charge < -0.3 is 4.74 Å². The molecule has 20 heavy (non-hydrogen) atoms. The van der Waals surface area contributed by atoms with E-state index in [1.165, 1.54) is 24.3 Å². The maximum absolute atomic E-state index is 13.4. The molecule has 0 unspecified atom stereocenters. The van der Waals surface area contributed by atoms with Crippen molar-refractivity contribution in [3.05, 3.63) is 68.7 Å². The molecule has 0 bridgehead atoms. The molecule has 2 aromatic carbocycles. The van der Waals surface area contributed by atoms with Gasteiger partial charge in [-0.15, -0.1) is 0 Å². The Hall–Kier alpha value is -2.21. The van der Waals surface area contributed by atoms with Gasteiger partial charge in [0.1, 0.15) is 29.0 Å². The number of halogens is 3. The molecule has 0 radical (unpaired) electrons. The van der Waals surface area contributed by atoms with E-state index < -0.39 is 16.6 Å². The topological polar surface area (TPSA) is 52.4 Å². The molecule has 0 aromatic heterocycles. The third kappa shape index (κ3) is 3.21.